The van der Waals surface area contributed by atoms with Crippen molar-refractivity contribution in [1.29, 1.82) is 0 Å². The Hall–Kier alpha value is -0.440. The fraction of sp³-hybridized carbons (Fsp3) is 1.00. The van der Waals surface area contributed by atoms with Crippen molar-refractivity contribution in [2.45, 2.75) is 32.1 Å². The van der Waals surface area contributed by atoms with Crippen LogP contribution in [-0.2, 0) is 0 Å². The van der Waals surface area contributed by atoms with Crippen LogP contribution in [0.2, 0.25) is 0 Å². The van der Waals surface area contributed by atoms with Gasteiger partial charge >= 0.3 is 0 Å². The Labute approximate surface area is 73.1 Å². The predicted molar refractivity (Wildman–Crippen MR) is 47.8 cm³/mol. The van der Waals surface area contributed by atoms with Crippen molar-refractivity contribution in [2.75, 3.05) is 13.2 Å². The highest BCUT2D eigenvalue weighted by Gasteiger charge is 2.26. The van der Waals surface area contributed by atoms with Crippen LogP contribution in [0.25, 0.3) is 0 Å². The molecule has 1 aliphatic rings. The van der Waals surface area contributed by atoms with Crippen molar-refractivity contribution in [2.24, 2.45) is 17.0 Å². The summed E-state index contributed by atoms with van der Waals surface area (Å²) in [7, 11) is 0. The fourth-order valence-corrected chi connectivity index (χ4v) is 2.18. The molecular weight excluding hydrogens is 154 g/mol. The molecule has 3 nitrogen and oxygen atoms in total. The molecule has 0 spiro atoms. The normalized spacial score (nSPS) is 29.1. The quantitative estimate of drug-likeness (QED) is 0.643. The lowest BCUT2D eigenvalue weighted by atomic mass is 9.92. The first-order valence-corrected chi connectivity index (χ1v) is 4.78. The van der Waals surface area contributed by atoms with Gasteiger partial charge in [-0.25, -0.2) is 0 Å². The molecular formula is C9H17NO2. The molecule has 1 fully saturated rings. The van der Waals surface area contributed by atoms with Gasteiger partial charge in [-0.3, -0.25) is 0 Å². The standard InChI is InChI=1S/C9H17NO2/c11-6-2-5-8-3-1-4-9(8)7-10-12/h8-9,11H,1-7H2. The minimum atomic E-state index is 0.276. The van der Waals surface area contributed by atoms with Crippen molar-refractivity contribution in [3.8, 4) is 0 Å². The van der Waals surface area contributed by atoms with Gasteiger partial charge in [-0.1, -0.05) is 18.0 Å². The van der Waals surface area contributed by atoms with Gasteiger partial charge in [0.05, 0.1) is 6.54 Å². The Balaban J connectivity index is 2.25. The van der Waals surface area contributed by atoms with E-state index in [1.165, 1.54) is 12.8 Å². The summed E-state index contributed by atoms with van der Waals surface area (Å²) in [4.78, 5) is 10.1. The van der Waals surface area contributed by atoms with Crippen molar-refractivity contribution in [3.63, 3.8) is 0 Å². The zero-order chi connectivity index (χ0) is 8.81. The predicted octanol–water partition coefficient (Wildman–Crippen LogP) is 1.94. The smallest absolute Gasteiger partial charge is 0.0841 e. The Bertz CT molecular complexity index is 138. The first-order chi connectivity index (χ1) is 5.88. The second-order valence-corrected chi connectivity index (χ2v) is 3.63. The van der Waals surface area contributed by atoms with E-state index < -0.39 is 0 Å². The molecule has 70 valence electrons. The van der Waals surface area contributed by atoms with E-state index in [1.54, 1.807) is 0 Å². The van der Waals surface area contributed by atoms with Crippen LogP contribution in [-0.4, -0.2) is 18.3 Å². The first kappa shape index (κ1) is 9.65. The van der Waals surface area contributed by atoms with E-state index in [4.69, 9.17) is 5.11 Å². The Kier molecular flexibility index (Phi) is 4.22. The number of aliphatic hydroxyl groups excluding tert-OH is 1. The maximum atomic E-state index is 10.1. The lowest BCUT2D eigenvalue weighted by Gasteiger charge is -2.15. The second kappa shape index (κ2) is 5.25. The number of rotatable bonds is 5. The number of nitroso groups, excluding NO2 is 1. The minimum absolute atomic E-state index is 0.276. The molecule has 3 heteroatoms. The molecule has 0 saturated heterocycles. The van der Waals surface area contributed by atoms with Crippen LogP contribution in [0.5, 0.6) is 0 Å². The number of hydrogen-bond acceptors (Lipinski definition) is 3. The zero-order valence-electron chi connectivity index (χ0n) is 7.41. The van der Waals surface area contributed by atoms with Gasteiger partial charge in [0.15, 0.2) is 0 Å². The largest absolute Gasteiger partial charge is 0.396 e. The summed E-state index contributed by atoms with van der Waals surface area (Å²) >= 11 is 0. The van der Waals surface area contributed by atoms with Crippen LogP contribution in [0.15, 0.2) is 5.18 Å². The molecule has 1 N–H and O–H groups in total. The summed E-state index contributed by atoms with van der Waals surface area (Å²) in [6, 6.07) is 0. The van der Waals surface area contributed by atoms with Crippen LogP contribution in [0, 0.1) is 16.7 Å². The van der Waals surface area contributed by atoms with Gasteiger partial charge in [-0.2, -0.15) is 4.91 Å². The lowest BCUT2D eigenvalue weighted by molar-refractivity contribution is 0.258. The van der Waals surface area contributed by atoms with Gasteiger partial charge < -0.3 is 5.11 Å². The lowest BCUT2D eigenvalue weighted by Crippen LogP contribution is -2.11. The second-order valence-electron chi connectivity index (χ2n) is 3.63. The van der Waals surface area contributed by atoms with E-state index in [-0.39, 0.29) is 6.61 Å². The number of aliphatic hydroxyl groups is 1. The summed E-state index contributed by atoms with van der Waals surface area (Å²) < 4.78 is 0. The Morgan fingerprint density at radius 3 is 2.75 bits per heavy atom. The highest BCUT2D eigenvalue weighted by molar-refractivity contribution is 4.78. The molecule has 0 aliphatic heterocycles. The van der Waals surface area contributed by atoms with E-state index in [9.17, 15) is 4.91 Å². The molecule has 0 heterocycles. The van der Waals surface area contributed by atoms with Crippen LogP contribution in [0.3, 0.4) is 0 Å². The number of nitrogens with zero attached hydrogens (tertiary/aromatic N) is 1. The Morgan fingerprint density at radius 2 is 2.08 bits per heavy atom. The average Bonchev–Trinajstić information content (AvgIpc) is 2.50. The van der Waals surface area contributed by atoms with Crippen LogP contribution in [0.1, 0.15) is 32.1 Å². The van der Waals surface area contributed by atoms with E-state index in [0.29, 0.717) is 18.4 Å². The fourth-order valence-electron chi connectivity index (χ4n) is 2.18. The maximum absolute atomic E-state index is 10.1. The molecule has 0 radical (unpaired) electrons. The summed E-state index contributed by atoms with van der Waals surface area (Å²) in [6.07, 6.45) is 5.55. The third kappa shape index (κ3) is 2.55. The van der Waals surface area contributed by atoms with Gasteiger partial charge in [0, 0.05) is 6.61 Å². The summed E-state index contributed by atoms with van der Waals surface area (Å²) in [5, 5.41) is 11.6. The molecule has 12 heavy (non-hydrogen) atoms. The van der Waals surface area contributed by atoms with Crippen molar-refractivity contribution >= 4 is 0 Å². The molecule has 1 aliphatic carbocycles. The van der Waals surface area contributed by atoms with E-state index in [2.05, 4.69) is 5.18 Å². The molecule has 1 saturated carbocycles. The number of hydrogen-bond donors (Lipinski definition) is 1. The van der Waals surface area contributed by atoms with Crippen LogP contribution in [0.4, 0.5) is 0 Å². The molecule has 0 aromatic heterocycles. The highest BCUT2D eigenvalue weighted by atomic mass is 16.3. The molecule has 1 rings (SSSR count). The first-order valence-electron chi connectivity index (χ1n) is 4.78. The summed E-state index contributed by atoms with van der Waals surface area (Å²) in [5.74, 6) is 1.16. The maximum Gasteiger partial charge on any atom is 0.0841 e. The zero-order valence-corrected chi connectivity index (χ0v) is 7.41. The van der Waals surface area contributed by atoms with E-state index in [0.717, 1.165) is 19.3 Å². The summed E-state index contributed by atoms with van der Waals surface area (Å²) in [5.41, 5.74) is 0. The van der Waals surface area contributed by atoms with Crippen LogP contribution >= 0.6 is 0 Å². The average molecular weight is 171 g/mol. The van der Waals surface area contributed by atoms with Crippen LogP contribution < -0.4 is 0 Å². The van der Waals surface area contributed by atoms with E-state index >= 15 is 0 Å². The van der Waals surface area contributed by atoms with Gasteiger partial charge in [0.2, 0.25) is 0 Å². The third-order valence-corrected chi connectivity index (χ3v) is 2.86. The molecule has 0 aromatic rings. The Morgan fingerprint density at radius 1 is 1.33 bits per heavy atom. The highest BCUT2D eigenvalue weighted by Crippen LogP contribution is 2.34. The van der Waals surface area contributed by atoms with Crippen molar-refractivity contribution in [1.82, 2.24) is 0 Å². The summed E-state index contributed by atoms with van der Waals surface area (Å²) in [6.45, 7) is 0.758. The topological polar surface area (TPSA) is 49.7 Å². The molecule has 0 bridgehead atoms. The van der Waals surface area contributed by atoms with Gasteiger partial charge in [-0.15, -0.1) is 0 Å². The van der Waals surface area contributed by atoms with Crippen molar-refractivity contribution in [3.05, 3.63) is 4.91 Å². The minimum Gasteiger partial charge on any atom is -0.396 e. The van der Waals surface area contributed by atoms with Crippen molar-refractivity contribution < 1.29 is 5.11 Å². The third-order valence-electron chi connectivity index (χ3n) is 2.86. The van der Waals surface area contributed by atoms with Gasteiger partial charge in [-0.05, 0) is 31.1 Å². The van der Waals surface area contributed by atoms with Gasteiger partial charge in [0.25, 0.3) is 0 Å². The molecule has 2 atom stereocenters. The SMILES string of the molecule is O=NCC1CCCC1CCCO. The van der Waals surface area contributed by atoms with E-state index in [1.807, 2.05) is 0 Å². The molecule has 2 unspecified atom stereocenters. The monoisotopic (exact) mass is 171 g/mol. The molecule has 0 aromatic carbocycles. The van der Waals surface area contributed by atoms with Gasteiger partial charge in [0.1, 0.15) is 0 Å². The molecule has 0 amide bonds.